The molecule has 0 amide bonds. The van der Waals surface area contributed by atoms with Crippen molar-refractivity contribution >= 4 is 28.6 Å². The van der Waals surface area contributed by atoms with E-state index in [-0.39, 0.29) is 0 Å². The Bertz CT molecular complexity index is 505. The third kappa shape index (κ3) is 2.88. The van der Waals surface area contributed by atoms with Gasteiger partial charge in [0.15, 0.2) is 0 Å². The molecule has 0 bridgehead atoms. The molecule has 1 aromatic rings. The Hall–Kier alpha value is -1.30. The van der Waals surface area contributed by atoms with Gasteiger partial charge in [0.05, 0.1) is 29.9 Å². The molecule has 90 valence electrons. The molecule has 0 aliphatic heterocycles. The van der Waals surface area contributed by atoms with Gasteiger partial charge in [-0.15, -0.1) is 0 Å². The summed E-state index contributed by atoms with van der Waals surface area (Å²) in [4.78, 5) is 11.3. The van der Waals surface area contributed by atoms with Crippen LogP contribution in [0.2, 0.25) is 0 Å². The fraction of sp³-hybridized carbons (Fsp3) is 0.200. The Morgan fingerprint density at radius 2 is 2.06 bits per heavy atom. The Kier molecular flexibility index (Phi) is 3.98. The zero-order valence-corrected chi connectivity index (χ0v) is 10.6. The molecule has 3 nitrogen and oxygen atoms in total. The van der Waals surface area contributed by atoms with Gasteiger partial charge < -0.3 is 4.74 Å². The van der Waals surface area contributed by atoms with Crippen LogP contribution in [0.15, 0.2) is 12.1 Å². The Labute approximate surface area is 108 Å². The maximum absolute atomic E-state index is 12.8. The topological polar surface area (TPSA) is 50.1 Å². The van der Waals surface area contributed by atoms with Crippen molar-refractivity contribution in [2.75, 3.05) is 7.11 Å². The van der Waals surface area contributed by atoms with Crippen LogP contribution in [0.25, 0.3) is 0 Å². The highest BCUT2D eigenvalue weighted by Crippen LogP contribution is 2.35. The fourth-order valence-corrected chi connectivity index (χ4v) is 1.89. The quantitative estimate of drug-likeness (QED) is 0.575. The number of carbonyl (C=O) groups excluding carboxylic acids is 1. The zero-order chi connectivity index (χ0) is 13.2. The minimum absolute atomic E-state index is 0.354. The van der Waals surface area contributed by atoms with Crippen molar-refractivity contribution in [3.05, 3.63) is 32.4 Å². The van der Waals surface area contributed by atoms with E-state index in [0.717, 1.165) is 19.2 Å². The lowest BCUT2D eigenvalue weighted by atomic mass is 10.0. The van der Waals surface area contributed by atoms with Crippen LogP contribution in [-0.4, -0.2) is 13.1 Å². The molecular weight excluding hydrogens is 350 g/mol. The summed E-state index contributed by atoms with van der Waals surface area (Å²) in [5.41, 5.74) is -2.50. The van der Waals surface area contributed by atoms with Crippen molar-refractivity contribution < 1.29 is 22.7 Å². The second-order valence-corrected chi connectivity index (χ2v) is 4.22. The summed E-state index contributed by atoms with van der Waals surface area (Å²) >= 11 is 1.72. The van der Waals surface area contributed by atoms with Gasteiger partial charge in [0.1, 0.15) is 0 Å². The molecule has 1 rings (SSSR count). The number of hydrogen-bond acceptors (Lipinski definition) is 3. The van der Waals surface area contributed by atoms with Crippen LogP contribution >= 0.6 is 22.6 Å². The summed E-state index contributed by atoms with van der Waals surface area (Å²) in [7, 11) is 0.981. The lowest BCUT2D eigenvalue weighted by Crippen LogP contribution is -2.16. The number of hydrogen-bond donors (Lipinski definition) is 0. The number of nitrogens with zero attached hydrogens (tertiary/aromatic N) is 1. The van der Waals surface area contributed by atoms with Crippen LogP contribution in [0.5, 0.6) is 0 Å². The number of methoxy groups -OCH3 is 1. The van der Waals surface area contributed by atoms with Gasteiger partial charge in [-0.05, 0) is 34.7 Å². The van der Waals surface area contributed by atoms with Crippen LogP contribution in [0.3, 0.4) is 0 Å². The van der Waals surface area contributed by atoms with E-state index in [1.807, 2.05) is 0 Å². The van der Waals surface area contributed by atoms with Gasteiger partial charge in [0.25, 0.3) is 0 Å². The van der Waals surface area contributed by atoms with Crippen molar-refractivity contribution in [2.24, 2.45) is 0 Å². The highest BCUT2D eigenvalue weighted by atomic mass is 127. The van der Waals surface area contributed by atoms with Gasteiger partial charge >= 0.3 is 12.1 Å². The summed E-state index contributed by atoms with van der Waals surface area (Å²) in [6, 6.07) is 3.53. The number of benzene rings is 1. The summed E-state index contributed by atoms with van der Waals surface area (Å²) in [5.74, 6) is -1.12. The lowest BCUT2D eigenvalue weighted by Gasteiger charge is -2.13. The van der Waals surface area contributed by atoms with Crippen molar-refractivity contribution in [2.45, 2.75) is 6.18 Å². The minimum Gasteiger partial charge on any atom is -0.465 e. The summed E-state index contributed by atoms with van der Waals surface area (Å²) in [6.45, 7) is 0. The molecular formula is C10H5F3INO2. The molecule has 0 aromatic heterocycles. The van der Waals surface area contributed by atoms with Gasteiger partial charge in [0.2, 0.25) is 0 Å². The van der Waals surface area contributed by atoms with E-state index in [1.54, 1.807) is 22.6 Å². The van der Waals surface area contributed by atoms with Crippen LogP contribution in [0, 0.1) is 14.9 Å². The molecule has 0 heterocycles. The average molecular weight is 355 g/mol. The normalized spacial score (nSPS) is 10.8. The zero-order valence-electron chi connectivity index (χ0n) is 8.43. The fourth-order valence-electron chi connectivity index (χ4n) is 1.27. The molecule has 1 aromatic carbocycles. The number of esters is 1. The van der Waals surface area contributed by atoms with Gasteiger partial charge in [-0.1, -0.05) is 0 Å². The van der Waals surface area contributed by atoms with Gasteiger partial charge in [-0.25, -0.2) is 4.79 Å². The summed E-state index contributed by atoms with van der Waals surface area (Å²) < 4.78 is 42.9. The van der Waals surface area contributed by atoms with Gasteiger partial charge in [-0.3, -0.25) is 0 Å². The Morgan fingerprint density at radius 3 is 2.47 bits per heavy atom. The second kappa shape index (κ2) is 4.91. The SMILES string of the molecule is COC(=O)c1cc(I)cc(C#N)c1C(F)(F)F. The van der Waals surface area contributed by atoms with E-state index < -0.39 is 28.8 Å². The van der Waals surface area contributed by atoms with Crippen molar-refractivity contribution in [3.8, 4) is 6.07 Å². The van der Waals surface area contributed by atoms with Crippen LogP contribution in [-0.2, 0) is 10.9 Å². The van der Waals surface area contributed by atoms with Crippen molar-refractivity contribution in [1.82, 2.24) is 0 Å². The standard InChI is InChI=1S/C10H5F3INO2/c1-17-9(16)7-3-6(14)2-5(4-15)8(7)10(11,12)13/h2-3H,1H3. The van der Waals surface area contributed by atoms with Crippen molar-refractivity contribution in [1.29, 1.82) is 5.26 Å². The number of carbonyl (C=O) groups is 1. The number of halogens is 4. The van der Waals surface area contributed by atoms with E-state index in [9.17, 15) is 18.0 Å². The Balaban J connectivity index is 3.63. The van der Waals surface area contributed by atoms with E-state index in [0.29, 0.717) is 3.57 Å². The molecule has 0 aliphatic carbocycles. The summed E-state index contributed by atoms with van der Waals surface area (Å²) in [5, 5.41) is 8.68. The molecule has 7 heteroatoms. The molecule has 0 N–H and O–H groups in total. The molecule has 0 spiro atoms. The predicted octanol–water partition coefficient (Wildman–Crippen LogP) is 2.97. The molecule has 0 atom stereocenters. The van der Waals surface area contributed by atoms with E-state index in [4.69, 9.17) is 5.26 Å². The van der Waals surface area contributed by atoms with E-state index in [2.05, 4.69) is 4.74 Å². The lowest BCUT2D eigenvalue weighted by molar-refractivity contribution is -0.138. The number of nitriles is 1. The second-order valence-electron chi connectivity index (χ2n) is 2.98. The third-order valence-corrected chi connectivity index (χ3v) is 2.54. The van der Waals surface area contributed by atoms with E-state index >= 15 is 0 Å². The molecule has 17 heavy (non-hydrogen) atoms. The van der Waals surface area contributed by atoms with Gasteiger partial charge in [-0.2, -0.15) is 18.4 Å². The Morgan fingerprint density at radius 1 is 1.47 bits per heavy atom. The predicted molar refractivity (Wildman–Crippen MR) is 60.2 cm³/mol. The number of rotatable bonds is 1. The number of alkyl halides is 3. The molecule has 0 unspecified atom stereocenters. The molecule has 0 aliphatic rings. The van der Waals surface area contributed by atoms with Crippen molar-refractivity contribution in [3.63, 3.8) is 0 Å². The molecule has 0 saturated heterocycles. The molecule has 0 saturated carbocycles. The first-order chi connectivity index (χ1) is 7.81. The smallest absolute Gasteiger partial charge is 0.418 e. The minimum atomic E-state index is -4.78. The molecule has 0 radical (unpaired) electrons. The average Bonchev–Trinajstić information content (AvgIpc) is 2.24. The number of ether oxygens (including phenoxy) is 1. The van der Waals surface area contributed by atoms with Crippen LogP contribution in [0.1, 0.15) is 21.5 Å². The first-order valence-corrected chi connectivity index (χ1v) is 5.28. The van der Waals surface area contributed by atoms with E-state index in [1.165, 1.54) is 6.07 Å². The highest BCUT2D eigenvalue weighted by Gasteiger charge is 2.38. The first-order valence-electron chi connectivity index (χ1n) is 4.20. The third-order valence-electron chi connectivity index (χ3n) is 1.91. The van der Waals surface area contributed by atoms with Gasteiger partial charge in [0, 0.05) is 3.57 Å². The van der Waals surface area contributed by atoms with Crippen LogP contribution < -0.4 is 0 Å². The van der Waals surface area contributed by atoms with Crippen LogP contribution in [0.4, 0.5) is 13.2 Å². The maximum atomic E-state index is 12.8. The highest BCUT2D eigenvalue weighted by molar-refractivity contribution is 14.1. The largest absolute Gasteiger partial charge is 0.465 e. The summed E-state index contributed by atoms with van der Waals surface area (Å²) in [6.07, 6.45) is -4.78. The maximum Gasteiger partial charge on any atom is 0.418 e. The molecule has 0 fully saturated rings. The first kappa shape index (κ1) is 13.8. The monoisotopic (exact) mass is 355 g/mol.